The van der Waals surface area contributed by atoms with Crippen molar-refractivity contribution in [1.29, 1.82) is 0 Å². The largest absolute Gasteiger partial charge is 0.264 e. The lowest BCUT2D eigenvalue weighted by atomic mass is 9.84. The highest BCUT2D eigenvalue weighted by Crippen LogP contribution is 2.38. The van der Waals surface area contributed by atoms with Crippen LogP contribution in [0.4, 0.5) is 0 Å². The number of pyridine rings is 1. The molecule has 0 bridgehead atoms. The van der Waals surface area contributed by atoms with Crippen molar-refractivity contribution in [2.45, 2.75) is 38.0 Å². The van der Waals surface area contributed by atoms with E-state index in [9.17, 15) is 0 Å². The zero-order valence-electron chi connectivity index (χ0n) is 12.1. The van der Waals surface area contributed by atoms with E-state index in [0.29, 0.717) is 0 Å². The fourth-order valence-electron chi connectivity index (χ4n) is 3.48. The van der Waals surface area contributed by atoms with E-state index in [0.717, 1.165) is 5.92 Å². The Bertz CT molecular complexity index is 739. The van der Waals surface area contributed by atoms with Gasteiger partial charge in [-0.05, 0) is 41.8 Å². The Hall–Kier alpha value is -1.67. The molecule has 2 heteroatoms. The molecule has 1 fully saturated rings. The average molecular weight is 293 g/mol. The molecular formula is C19H19NS. The van der Waals surface area contributed by atoms with Crippen molar-refractivity contribution < 1.29 is 0 Å². The van der Waals surface area contributed by atoms with Gasteiger partial charge in [0.15, 0.2) is 0 Å². The van der Waals surface area contributed by atoms with Crippen LogP contribution in [0.5, 0.6) is 0 Å². The lowest BCUT2D eigenvalue weighted by Crippen LogP contribution is -2.03. The number of aromatic nitrogens is 1. The number of rotatable bonds is 2. The van der Waals surface area contributed by atoms with Crippen LogP contribution in [0.25, 0.3) is 21.2 Å². The number of nitrogens with zero attached hydrogens (tertiary/aromatic N) is 1. The fourth-order valence-corrected chi connectivity index (χ4v) is 4.50. The molecule has 0 amide bonds. The highest BCUT2D eigenvalue weighted by atomic mass is 32.1. The molecule has 0 saturated heterocycles. The zero-order valence-corrected chi connectivity index (χ0v) is 12.9. The summed E-state index contributed by atoms with van der Waals surface area (Å²) >= 11 is 1.86. The molecule has 0 spiro atoms. The number of hydrogen-bond acceptors (Lipinski definition) is 2. The lowest BCUT2D eigenvalue weighted by molar-refractivity contribution is 0.444. The predicted octanol–water partition coefficient (Wildman–Crippen LogP) is 6.01. The molecule has 0 N–H and O–H groups in total. The minimum absolute atomic E-state index is 0.784. The van der Waals surface area contributed by atoms with E-state index in [1.54, 1.807) is 5.56 Å². The molecule has 4 rings (SSSR count). The quantitative estimate of drug-likeness (QED) is 0.563. The van der Waals surface area contributed by atoms with E-state index in [-0.39, 0.29) is 0 Å². The van der Waals surface area contributed by atoms with Crippen molar-refractivity contribution in [1.82, 2.24) is 4.98 Å². The van der Waals surface area contributed by atoms with Crippen molar-refractivity contribution in [2.75, 3.05) is 0 Å². The van der Waals surface area contributed by atoms with Crippen LogP contribution in [0.2, 0.25) is 0 Å². The molecular weight excluding hydrogens is 274 g/mol. The van der Waals surface area contributed by atoms with Gasteiger partial charge in [0.05, 0.1) is 0 Å². The van der Waals surface area contributed by atoms with Gasteiger partial charge in [-0.3, -0.25) is 4.98 Å². The van der Waals surface area contributed by atoms with E-state index in [2.05, 4.69) is 34.6 Å². The van der Waals surface area contributed by atoms with Crippen molar-refractivity contribution in [3.63, 3.8) is 0 Å². The molecule has 0 radical (unpaired) electrons. The van der Waals surface area contributed by atoms with E-state index in [1.165, 1.54) is 53.3 Å². The Morgan fingerprint density at radius 2 is 1.95 bits per heavy atom. The fraction of sp³-hybridized carbons (Fsp3) is 0.316. The standard InChI is InChI=1S/C19H19NS/c1-2-5-14(6-3-1)15-8-9-17-18(13-21-19(17)11-15)16-7-4-10-20-12-16/h4,7-14H,1-3,5-6H2. The van der Waals surface area contributed by atoms with Gasteiger partial charge in [0.2, 0.25) is 0 Å². The summed E-state index contributed by atoms with van der Waals surface area (Å²) in [5, 5.41) is 3.64. The first-order chi connectivity index (χ1) is 10.4. The zero-order chi connectivity index (χ0) is 14.1. The first-order valence-electron chi connectivity index (χ1n) is 7.83. The molecule has 2 heterocycles. The molecule has 21 heavy (non-hydrogen) atoms. The van der Waals surface area contributed by atoms with Gasteiger partial charge >= 0.3 is 0 Å². The van der Waals surface area contributed by atoms with E-state index in [4.69, 9.17) is 0 Å². The van der Waals surface area contributed by atoms with Crippen LogP contribution in [0, 0.1) is 0 Å². The van der Waals surface area contributed by atoms with Crippen LogP contribution in [0.15, 0.2) is 48.1 Å². The smallest absolute Gasteiger partial charge is 0.0352 e. The number of thiophene rings is 1. The Morgan fingerprint density at radius 3 is 2.76 bits per heavy atom. The van der Waals surface area contributed by atoms with Gasteiger partial charge < -0.3 is 0 Å². The molecule has 2 aromatic heterocycles. The van der Waals surface area contributed by atoms with Gasteiger partial charge in [-0.25, -0.2) is 0 Å². The second kappa shape index (κ2) is 5.61. The molecule has 106 valence electrons. The van der Waals surface area contributed by atoms with Crippen LogP contribution in [0.1, 0.15) is 43.6 Å². The van der Waals surface area contributed by atoms with Gasteiger partial charge in [-0.15, -0.1) is 11.3 Å². The summed E-state index contributed by atoms with van der Waals surface area (Å²) in [6, 6.07) is 11.2. The Morgan fingerprint density at radius 1 is 1.05 bits per heavy atom. The van der Waals surface area contributed by atoms with Crippen LogP contribution < -0.4 is 0 Å². The van der Waals surface area contributed by atoms with Gasteiger partial charge in [-0.2, -0.15) is 0 Å². The van der Waals surface area contributed by atoms with Crippen molar-refractivity contribution in [3.8, 4) is 11.1 Å². The summed E-state index contributed by atoms with van der Waals surface area (Å²) in [7, 11) is 0. The van der Waals surface area contributed by atoms with E-state index in [1.807, 2.05) is 29.8 Å². The molecule has 3 aromatic rings. The monoisotopic (exact) mass is 293 g/mol. The topological polar surface area (TPSA) is 12.9 Å². The van der Waals surface area contributed by atoms with Crippen LogP contribution in [-0.2, 0) is 0 Å². The molecule has 0 atom stereocenters. The number of fused-ring (bicyclic) bond motifs is 1. The Labute approximate surface area is 129 Å². The highest BCUT2D eigenvalue weighted by Gasteiger charge is 2.16. The lowest BCUT2D eigenvalue weighted by Gasteiger charge is -2.22. The SMILES string of the molecule is c1cncc(-c2csc3cc(C4CCCCC4)ccc23)c1. The molecule has 1 aliphatic carbocycles. The summed E-state index contributed by atoms with van der Waals surface area (Å²) in [4.78, 5) is 4.24. The van der Waals surface area contributed by atoms with Crippen molar-refractivity contribution >= 4 is 21.4 Å². The molecule has 0 aliphatic heterocycles. The average Bonchev–Trinajstić information content (AvgIpc) is 2.99. The first-order valence-corrected chi connectivity index (χ1v) is 8.71. The Balaban J connectivity index is 1.74. The summed E-state index contributed by atoms with van der Waals surface area (Å²) in [6.45, 7) is 0. The third kappa shape index (κ3) is 2.49. The molecule has 1 saturated carbocycles. The second-order valence-electron chi connectivity index (χ2n) is 5.98. The van der Waals surface area contributed by atoms with E-state index < -0.39 is 0 Å². The van der Waals surface area contributed by atoms with Gasteiger partial charge in [0.25, 0.3) is 0 Å². The Kier molecular flexibility index (Phi) is 3.48. The maximum Gasteiger partial charge on any atom is 0.0352 e. The third-order valence-corrected chi connectivity index (χ3v) is 5.59. The highest BCUT2D eigenvalue weighted by molar-refractivity contribution is 7.17. The van der Waals surface area contributed by atoms with Crippen LogP contribution in [0.3, 0.4) is 0 Å². The minimum atomic E-state index is 0.784. The maximum atomic E-state index is 4.24. The summed E-state index contributed by atoms with van der Waals surface area (Å²) < 4.78 is 1.41. The normalized spacial score (nSPS) is 16.4. The van der Waals surface area contributed by atoms with Crippen molar-refractivity contribution in [3.05, 3.63) is 53.7 Å². The summed E-state index contributed by atoms with van der Waals surface area (Å²) in [5.74, 6) is 0.784. The van der Waals surface area contributed by atoms with Crippen LogP contribution >= 0.6 is 11.3 Å². The third-order valence-electron chi connectivity index (χ3n) is 4.65. The van der Waals surface area contributed by atoms with E-state index >= 15 is 0 Å². The van der Waals surface area contributed by atoms with Gasteiger partial charge in [-0.1, -0.05) is 37.5 Å². The van der Waals surface area contributed by atoms with Gasteiger partial charge in [0, 0.05) is 33.6 Å². The predicted molar refractivity (Wildman–Crippen MR) is 90.9 cm³/mol. The maximum absolute atomic E-state index is 4.24. The second-order valence-corrected chi connectivity index (χ2v) is 6.89. The number of hydrogen-bond donors (Lipinski definition) is 0. The molecule has 0 unspecified atom stereocenters. The first kappa shape index (κ1) is 13.0. The minimum Gasteiger partial charge on any atom is -0.264 e. The molecule has 1 aliphatic rings. The molecule has 1 nitrogen and oxygen atoms in total. The molecule has 1 aromatic carbocycles. The van der Waals surface area contributed by atoms with Crippen molar-refractivity contribution in [2.24, 2.45) is 0 Å². The number of benzene rings is 1. The summed E-state index contributed by atoms with van der Waals surface area (Å²) in [6.07, 6.45) is 10.7. The van der Waals surface area contributed by atoms with Crippen LogP contribution in [-0.4, -0.2) is 4.98 Å². The van der Waals surface area contributed by atoms with Gasteiger partial charge in [0.1, 0.15) is 0 Å². The summed E-state index contributed by atoms with van der Waals surface area (Å²) in [5.41, 5.74) is 4.08.